The Balaban J connectivity index is 2.25. The number of nitrogens with two attached hydrogens (primary N) is 1. The summed E-state index contributed by atoms with van der Waals surface area (Å²) in [6.45, 7) is 2.28. The molecule has 0 radical (unpaired) electrons. The number of aryl methyl sites for hydroxylation is 1. The second kappa shape index (κ2) is 6.23. The molecule has 4 nitrogen and oxygen atoms in total. The van der Waals surface area contributed by atoms with Crippen LogP contribution < -0.4 is 5.73 Å². The zero-order valence-corrected chi connectivity index (χ0v) is 13.5. The van der Waals surface area contributed by atoms with Gasteiger partial charge in [-0.3, -0.25) is 0 Å². The first-order valence-electron chi connectivity index (χ1n) is 6.34. The highest BCUT2D eigenvalue weighted by Gasteiger charge is 2.24. The second-order valence-electron chi connectivity index (χ2n) is 4.72. The average Bonchev–Trinajstić information content (AvgIpc) is 2.83. The summed E-state index contributed by atoms with van der Waals surface area (Å²) in [5.74, 6) is -0.342. The zero-order chi connectivity index (χ0) is 15.6. The normalized spacial score (nSPS) is 12.0. The molecule has 2 rings (SSSR count). The second-order valence-corrected chi connectivity index (χ2v) is 8.08. The number of hydrogen-bond acceptors (Lipinski definition) is 4. The molecular formula is C14H17FN2O2S2. The molecule has 0 aliphatic heterocycles. The van der Waals surface area contributed by atoms with Crippen molar-refractivity contribution in [3.63, 3.8) is 0 Å². The largest absolute Gasteiger partial charge is 0.326 e. The first kappa shape index (κ1) is 16.1. The van der Waals surface area contributed by atoms with Crippen LogP contribution in [0.2, 0.25) is 0 Å². The van der Waals surface area contributed by atoms with Crippen LogP contribution in [0.15, 0.2) is 35.2 Å². The van der Waals surface area contributed by atoms with Crippen LogP contribution in [0.1, 0.15) is 15.3 Å². The van der Waals surface area contributed by atoms with Crippen LogP contribution in [0.3, 0.4) is 0 Å². The summed E-state index contributed by atoms with van der Waals surface area (Å²) in [4.78, 5) is 1.85. The van der Waals surface area contributed by atoms with E-state index in [0.29, 0.717) is 6.54 Å². The number of halogens is 1. The average molecular weight is 328 g/mol. The first-order valence-corrected chi connectivity index (χ1v) is 8.60. The van der Waals surface area contributed by atoms with Crippen molar-refractivity contribution in [2.24, 2.45) is 5.73 Å². The predicted octanol–water partition coefficient (Wildman–Crippen LogP) is 2.48. The van der Waals surface area contributed by atoms with Crippen molar-refractivity contribution in [1.82, 2.24) is 4.31 Å². The van der Waals surface area contributed by atoms with Gasteiger partial charge in [-0.25, -0.2) is 12.8 Å². The van der Waals surface area contributed by atoms with Crippen molar-refractivity contribution < 1.29 is 12.8 Å². The lowest BCUT2D eigenvalue weighted by atomic mass is 10.2. The summed E-state index contributed by atoms with van der Waals surface area (Å²) in [7, 11) is -2.06. The monoisotopic (exact) mass is 328 g/mol. The molecule has 0 bridgehead atoms. The van der Waals surface area contributed by atoms with Crippen molar-refractivity contribution >= 4 is 21.4 Å². The van der Waals surface area contributed by atoms with Crippen LogP contribution >= 0.6 is 11.3 Å². The molecule has 0 unspecified atom stereocenters. The molecule has 0 saturated carbocycles. The highest BCUT2D eigenvalue weighted by Crippen LogP contribution is 2.28. The maximum absolute atomic E-state index is 12.9. The molecule has 0 spiro atoms. The van der Waals surface area contributed by atoms with Crippen molar-refractivity contribution in [1.29, 1.82) is 0 Å². The fraction of sp³-hybridized carbons (Fsp3) is 0.286. The van der Waals surface area contributed by atoms with E-state index in [9.17, 15) is 12.8 Å². The Bertz CT molecular complexity index is 724. The van der Waals surface area contributed by atoms with E-state index in [-0.39, 0.29) is 17.3 Å². The van der Waals surface area contributed by atoms with Crippen LogP contribution in [0.5, 0.6) is 0 Å². The Morgan fingerprint density at radius 3 is 2.43 bits per heavy atom. The van der Waals surface area contributed by atoms with E-state index in [4.69, 9.17) is 5.73 Å². The highest BCUT2D eigenvalue weighted by atomic mass is 32.2. The Morgan fingerprint density at radius 1 is 1.29 bits per heavy atom. The Hall–Kier alpha value is -1.28. The molecule has 0 fully saturated rings. The number of thiophene rings is 1. The lowest BCUT2D eigenvalue weighted by Crippen LogP contribution is -2.26. The van der Waals surface area contributed by atoms with Crippen LogP contribution in [0.25, 0.3) is 0 Å². The van der Waals surface area contributed by atoms with E-state index in [1.807, 2.05) is 0 Å². The maximum atomic E-state index is 12.9. The molecule has 0 saturated heterocycles. The zero-order valence-electron chi connectivity index (χ0n) is 11.8. The molecule has 1 aromatic carbocycles. The molecular weight excluding hydrogens is 311 g/mol. The summed E-state index contributed by atoms with van der Waals surface area (Å²) in [5.41, 5.74) is 6.29. The topological polar surface area (TPSA) is 63.4 Å². The molecule has 0 atom stereocenters. The van der Waals surface area contributed by atoms with Crippen LogP contribution in [-0.4, -0.2) is 19.8 Å². The maximum Gasteiger partial charge on any atom is 0.244 e. The molecule has 0 amide bonds. The standard InChI is InChI=1S/C14H17FN2O2S2/c1-10-14(7-13(8-16)20-10)21(18,19)17(2)9-11-3-5-12(15)6-4-11/h3-7H,8-9,16H2,1-2H3. The smallest absolute Gasteiger partial charge is 0.244 e. The van der Waals surface area contributed by atoms with Crippen LogP contribution in [-0.2, 0) is 23.1 Å². The van der Waals surface area contributed by atoms with E-state index in [0.717, 1.165) is 15.3 Å². The van der Waals surface area contributed by atoms with Gasteiger partial charge in [0, 0.05) is 29.9 Å². The molecule has 2 aromatic rings. The first-order chi connectivity index (χ1) is 9.84. The van der Waals surface area contributed by atoms with Gasteiger partial charge in [0.05, 0.1) is 4.90 Å². The molecule has 0 aliphatic carbocycles. The van der Waals surface area contributed by atoms with Gasteiger partial charge in [0.2, 0.25) is 10.0 Å². The van der Waals surface area contributed by atoms with E-state index in [2.05, 4.69) is 0 Å². The number of hydrogen-bond donors (Lipinski definition) is 1. The van der Waals surface area contributed by atoms with Crippen LogP contribution in [0, 0.1) is 12.7 Å². The van der Waals surface area contributed by atoms with Gasteiger partial charge < -0.3 is 5.73 Å². The summed E-state index contributed by atoms with van der Waals surface area (Å²) in [6, 6.07) is 7.41. The third-order valence-corrected chi connectivity index (χ3v) is 6.26. The third-order valence-electron chi connectivity index (χ3n) is 3.13. The van der Waals surface area contributed by atoms with Crippen molar-refractivity contribution in [3.8, 4) is 0 Å². The van der Waals surface area contributed by atoms with Crippen molar-refractivity contribution in [2.45, 2.75) is 24.9 Å². The van der Waals surface area contributed by atoms with Crippen molar-refractivity contribution in [2.75, 3.05) is 7.05 Å². The number of benzene rings is 1. The quantitative estimate of drug-likeness (QED) is 0.917. The number of nitrogens with zero attached hydrogens (tertiary/aromatic N) is 1. The molecule has 1 heterocycles. The van der Waals surface area contributed by atoms with Gasteiger partial charge in [0.25, 0.3) is 0 Å². The minimum Gasteiger partial charge on any atom is -0.326 e. The summed E-state index contributed by atoms with van der Waals surface area (Å²) < 4.78 is 39.3. The molecule has 2 N–H and O–H groups in total. The van der Waals surface area contributed by atoms with Gasteiger partial charge in [-0.15, -0.1) is 11.3 Å². The molecule has 7 heteroatoms. The van der Waals surface area contributed by atoms with Crippen LogP contribution in [0.4, 0.5) is 4.39 Å². The SMILES string of the molecule is Cc1sc(CN)cc1S(=O)(=O)N(C)Cc1ccc(F)cc1. The number of rotatable bonds is 5. The number of sulfonamides is 1. The van der Waals surface area contributed by atoms with Gasteiger partial charge in [-0.1, -0.05) is 12.1 Å². The summed E-state index contributed by atoms with van der Waals surface area (Å²) in [5, 5.41) is 0. The molecule has 21 heavy (non-hydrogen) atoms. The Labute approximate surface area is 128 Å². The summed E-state index contributed by atoms with van der Waals surface area (Å²) in [6.07, 6.45) is 0. The van der Waals surface area contributed by atoms with E-state index in [1.165, 1.54) is 34.8 Å². The lowest BCUT2D eigenvalue weighted by molar-refractivity contribution is 0.466. The lowest BCUT2D eigenvalue weighted by Gasteiger charge is -2.17. The molecule has 1 aromatic heterocycles. The van der Waals surface area contributed by atoms with Gasteiger partial charge in [-0.2, -0.15) is 4.31 Å². The summed E-state index contributed by atoms with van der Waals surface area (Å²) >= 11 is 1.39. The Morgan fingerprint density at radius 2 is 1.90 bits per heavy atom. The van der Waals surface area contributed by atoms with Gasteiger partial charge in [0.15, 0.2) is 0 Å². The van der Waals surface area contributed by atoms with Gasteiger partial charge in [-0.05, 0) is 30.7 Å². The fourth-order valence-electron chi connectivity index (χ4n) is 1.98. The molecule has 0 aliphatic rings. The minimum atomic E-state index is -3.57. The fourth-order valence-corrected chi connectivity index (χ4v) is 4.62. The van der Waals surface area contributed by atoms with Gasteiger partial charge >= 0.3 is 0 Å². The third kappa shape index (κ3) is 3.49. The van der Waals surface area contributed by atoms with E-state index < -0.39 is 10.0 Å². The van der Waals surface area contributed by atoms with E-state index >= 15 is 0 Å². The predicted molar refractivity (Wildman–Crippen MR) is 82.0 cm³/mol. The minimum absolute atomic E-state index is 0.190. The van der Waals surface area contributed by atoms with E-state index in [1.54, 1.807) is 25.1 Å². The Kier molecular flexibility index (Phi) is 4.77. The van der Waals surface area contributed by atoms with Crippen molar-refractivity contribution in [3.05, 3.63) is 51.5 Å². The molecule has 114 valence electrons. The highest BCUT2D eigenvalue weighted by molar-refractivity contribution is 7.89. The van der Waals surface area contributed by atoms with Gasteiger partial charge in [0.1, 0.15) is 5.82 Å².